The van der Waals surface area contributed by atoms with Crippen LogP contribution in [0.3, 0.4) is 0 Å². The zero-order valence-corrected chi connectivity index (χ0v) is 15.0. The lowest BCUT2D eigenvalue weighted by Gasteiger charge is -2.14. The highest BCUT2D eigenvalue weighted by molar-refractivity contribution is 14.1. The zero-order valence-electron chi connectivity index (χ0n) is 12.1. The fraction of sp³-hybridized carbons (Fsp3) is 0.0714. The van der Waals surface area contributed by atoms with E-state index in [9.17, 15) is 35.3 Å². The molecule has 0 unspecified atom stereocenters. The summed E-state index contributed by atoms with van der Waals surface area (Å²) in [6.45, 7) is 1.63. The molecule has 0 bridgehead atoms. The van der Waals surface area contributed by atoms with E-state index in [1.807, 2.05) is 22.6 Å². The number of hydrogen-bond donors (Lipinski definition) is 0. The molecule has 0 saturated heterocycles. The number of rotatable bonds is 3. The maximum absolute atomic E-state index is 13.8. The Balaban J connectivity index is 2.54. The second-order valence-corrected chi connectivity index (χ2v) is 7.20. The fourth-order valence-corrected chi connectivity index (χ4v) is 2.78. The van der Waals surface area contributed by atoms with E-state index in [0.717, 1.165) is 3.57 Å². The minimum atomic E-state index is -5.84. The van der Waals surface area contributed by atoms with Gasteiger partial charge in [0.1, 0.15) is 15.0 Å². The molecule has 0 aliphatic carbocycles. The fourth-order valence-electron chi connectivity index (χ4n) is 1.82. The van der Waals surface area contributed by atoms with Gasteiger partial charge < -0.3 is 9.29 Å². The number of aryl methyl sites for hydroxylation is 1. The van der Waals surface area contributed by atoms with Crippen LogP contribution in [-0.2, 0) is 10.1 Å². The second kappa shape index (κ2) is 6.88. The van der Waals surface area contributed by atoms with Gasteiger partial charge in [-0.25, -0.2) is 22.0 Å². The van der Waals surface area contributed by atoms with Crippen molar-refractivity contribution in [2.24, 2.45) is 0 Å². The van der Waals surface area contributed by atoms with Crippen LogP contribution >= 0.6 is 22.6 Å². The van der Waals surface area contributed by atoms with Crippen LogP contribution in [-0.4, -0.2) is 18.9 Å². The van der Waals surface area contributed by atoms with E-state index in [-0.39, 0.29) is 5.56 Å². The lowest BCUT2D eigenvalue weighted by atomic mass is 10.1. The molecule has 0 fully saturated rings. The van der Waals surface area contributed by atoms with Gasteiger partial charge >= 0.3 is 5.97 Å². The van der Waals surface area contributed by atoms with Crippen LogP contribution in [0.25, 0.3) is 0 Å². The smallest absolute Gasteiger partial charge is 0.343 e. The Morgan fingerprint density at radius 1 is 1.08 bits per heavy atom. The summed E-state index contributed by atoms with van der Waals surface area (Å²) in [4.78, 5) is 9.58. The first kappa shape index (κ1) is 19.6. The van der Waals surface area contributed by atoms with Crippen LogP contribution in [0, 0.1) is 33.8 Å². The number of hydrogen-bond acceptors (Lipinski definition) is 5. The third kappa shape index (κ3) is 3.77. The van der Waals surface area contributed by atoms with Gasteiger partial charge in [-0.3, -0.25) is 0 Å². The maximum Gasteiger partial charge on any atom is 0.343 e. The molecule has 134 valence electrons. The Bertz CT molecular complexity index is 962. The Morgan fingerprint density at radius 2 is 1.60 bits per heavy atom. The molecule has 0 aliphatic rings. The lowest BCUT2D eigenvalue weighted by Crippen LogP contribution is -2.16. The van der Waals surface area contributed by atoms with Crippen molar-refractivity contribution in [3.05, 3.63) is 56.2 Å². The largest absolute Gasteiger partial charge is 0.744 e. The summed E-state index contributed by atoms with van der Waals surface area (Å²) in [5.41, 5.74) is 0.458. The van der Waals surface area contributed by atoms with Crippen LogP contribution in [0.2, 0.25) is 0 Å². The molecular weight excluding hydrogens is 483 g/mol. The number of carbonyl (C=O) groups is 1. The summed E-state index contributed by atoms with van der Waals surface area (Å²) in [6, 6.07) is 4.05. The monoisotopic (exact) mass is 489 g/mol. The van der Waals surface area contributed by atoms with Crippen molar-refractivity contribution in [1.82, 2.24) is 0 Å². The molecule has 0 spiro atoms. The molecule has 0 aliphatic heterocycles. The molecule has 0 saturated carbocycles. The predicted octanol–water partition coefficient (Wildman–Crippen LogP) is 3.28. The molecule has 0 N–H and O–H groups in total. The summed E-state index contributed by atoms with van der Waals surface area (Å²) in [5, 5.41) is 0. The Kier molecular flexibility index (Phi) is 5.39. The van der Waals surface area contributed by atoms with Crippen LogP contribution < -0.4 is 4.74 Å². The van der Waals surface area contributed by atoms with E-state index in [4.69, 9.17) is 0 Å². The summed E-state index contributed by atoms with van der Waals surface area (Å²) >= 11 is 1.96. The molecule has 0 radical (unpaired) electrons. The number of ether oxygens (including phenoxy) is 1. The van der Waals surface area contributed by atoms with E-state index < -0.39 is 50.0 Å². The number of esters is 1. The summed E-state index contributed by atoms with van der Waals surface area (Å²) < 4.78 is 92.1. The third-order valence-electron chi connectivity index (χ3n) is 3.02. The van der Waals surface area contributed by atoms with Crippen molar-refractivity contribution in [1.29, 1.82) is 0 Å². The average Bonchev–Trinajstić information content (AvgIpc) is 2.51. The molecule has 5 nitrogen and oxygen atoms in total. The minimum Gasteiger partial charge on any atom is -0.744 e. The second-order valence-electron chi connectivity index (χ2n) is 4.72. The molecule has 0 amide bonds. The standard InChI is InChI=1S/C14H7F4IO5S/c1-5-4-6(2-3-7(5)19)14(20)24-12-8(15)10(17)13(25(21,22)23)11(18)9(12)16/h2-4H,1H3,(H,21,22,23)/p-1. The summed E-state index contributed by atoms with van der Waals surface area (Å²) in [5.74, 6) is -12.7. The van der Waals surface area contributed by atoms with Crippen molar-refractivity contribution < 1.29 is 40.1 Å². The quantitative estimate of drug-likeness (QED) is 0.165. The summed E-state index contributed by atoms with van der Waals surface area (Å²) in [6.07, 6.45) is 0. The molecule has 0 atom stereocenters. The van der Waals surface area contributed by atoms with Gasteiger partial charge in [-0.1, -0.05) is 0 Å². The normalized spacial score (nSPS) is 11.5. The molecule has 11 heteroatoms. The van der Waals surface area contributed by atoms with Gasteiger partial charge in [-0.15, -0.1) is 0 Å². The lowest BCUT2D eigenvalue weighted by molar-refractivity contribution is 0.0716. The molecule has 2 aromatic carbocycles. The van der Waals surface area contributed by atoms with Crippen molar-refractivity contribution in [2.75, 3.05) is 0 Å². The van der Waals surface area contributed by atoms with Crippen molar-refractivity contribution in [3.63, 3.8) is 0 Å². The third-order valence-corrected chi connectivity index (χ3v) is 5.09. The van der Waals surface area contributed by atoms with Gasteiger partial charge in [0.15, 0.2) is 11.6 Å². The van der Waals surface area contributed by atoms with Gasteiger partial charge in [-0.2, -0.15) is 8.78 Å². The zero-order chi connectivity index (χ0) is 19.1. The van der Waals surface area contributed by atoms with Gasteiger partial charge in [0.05, 0.1) is 5.56 Å². The number of carbonyl (C=O) groups excluding carboxylic acids is 1. The maximum atomic E-state index is 13.8. The molecule has 2 rings (SSSR count). The Hall–Kier alpha value is -1.73. The SMILES string of the molecule is Cc1cc(C(=O)Oc2c(F)c(F)c(S(=O)(=O)[O-])c(F)c2F)ccc1I. The molecular formula is C14H6F4IO5S-. The molecule has 2 aromatic rings. The highest BCUT2D eigenvalue weighted by atomic mass is 127. The predicted molar refractivity (Wildman–Crippen MR) is 83.1 cm³/mol. The minimum absolute atomic E-state index is 0.168. The van der Waals surface area contributed by atoms with Crippen molar-refractivity contribution in [2.45, 2.75) is 11.8 Å². The van der Waals surface area contributed by atoms with Crippen LogP contribution in [0.4, 0.5) is 17.6 Å². The van der Waals surface area contributed by atoms with E-state index in [0.29, 0.717) is 5.56 Å². The Morgan fingerprint density at radius 3 is 2.04 bits per heavy atom. The van der Waals surface area contributed by atoms with Crippen LogP contribution in [0.15, 0.2) is 23.1 Å². The average molecular weight is 489 g/mol. The first-order valence-corrected chi connectivity index (χ1v) is 8.74. The van der Waals surface area contributed by atoms with Gasteiger partial charge in [-0.05, 0) is 53.3 Å². The molecule has 0 heterocycles. The first-order chi connectivity index (χ1) is 11.4. The molecule has 0 aromatic heterocycles. The number of benzene rings is 2. The van der Waals surface area contributed by atoms with Crippen LogP contribution in [0.5, 0.6) is 5.75 Å². The first-order valence-electron chi connectivity index (χ1n) is 6.25. The van der Waals surface area contributed by atoms with Crippen LogP contribution in [0.1, 0.15) is 15.9 Å². The van der Waals surface area contributed by atoms with E-state index in [1.54, 1.807) is 6.92 Å². The highest BCUT2D eigenvalue weighted by Crippen LogP contribution is 2.33. The van der Waals surface area contributed by atoms with Gasteiger partial charge in [0, 0.05) is 3.57 Å². The van der Waals surface area contributed by atoms with Crippen molar-refractivity contribution in [3.8, 4) is 5.75 Å². The van der Waals surface area contributed by atoms with Gasteiger partial charge in [0.25, 0.3) is 0 Å². The highest BCUT2D eigenvalue weighted by Gasteiger charge is 2.31. The van der Waals surface area contributed by atoms with E-state index in [1.165, 1.54) is 18.2 Å². The summed E-state index contributed by atoms with van der Waals surface area (Å²) in [7, 11) is -5.84. The van der Waals surface area contributed by atoms with Crippen molar-refractivity contribution >= 4 is 38.7 Å². The van der Waals surface area contributed by atoms with E-state index >= 15 is 0 Å². The van der Waals surface area contributed by atoms with E-state index in [2.05, 4.69) is 4.74 Å². The Labute approximate surface area is 152 Å². The van der Waals surface area contributed by atoms with Gasteiger partial charge in [0.2, 0.25) is 17.4 Å². The number of halogens is 5. The topological polar surface area (TPSA) is 83.5 Å². The molecule has 25 heavy (non-hydrogen) atoms.